The van der Waals surface area contributed by atoms with E-state index >= 15 is 0 Å². The van der Waals surface area contributed by atoms with Crippen LogP contribution in [0.1, 0.15) is 49.0 Å². The number of nitrogens with one attached hydrogen (secondary N) is 5. The largest absolute Gasteiger partial charge is 0.494 e. The maximum absolute atomic E-state index is 13.6. The maximum Gasteiger partial charge on any atom is 0.252 e. The molecule has 16 heteroatoms. The first-order valence-electron chi connectivity index (χ1n) is 16.9. The van der Waals surface area contributed by atoms with Crippen molar-refractivity contribution >= 4 is 29.4 Å². The second-order valence-electron chi connectivity index (χ2n) is 12.2. The van der Waals surface area contributed by atoms with Crippen molar-refractivity contribution in [1.82, 2.24) is 26.4 Å². The van der Waals surface area contributed by atoms with Crippen LogP contribution in [0.2, 0.25) is 0 Å². The molecule has 0 saturated carbocycles. The first kappa shape index (κ1) is 40.1. The molecule has 4 amide bonds. The summed E-state index contributed by atoms with van der Waals surface area (Å²) >= 11 is 0. The number of nitrogen functional groups attached to an aromatic ring is 1. The maximum atomic E-state index is 13.6. The average Bonchev–Trinajstić information content (AvgIpc) is 3.12. The van der Waals surface area contributed by atoms with Crippen LogP contribution in [0, 0.1) is 17.8 Å². The van der Waals surface area contributed by atoms with E-state index < -0.39 is 29.7 Å². The summed E-state index contributed by atoms with van der Waals surface area (Å²) in [5.74, 6) is 3.22. The molecule has 2 bridgehead atoms. The second kappa shape index (κ2) is 22.4. The van der Waals surface area contributed by atoms with E-state index in [2.05, 4.69) is 26.4 Å². The zero-order valence-corrected chi connectivity index (χ0v) is 28.8. The van der Waals surface area contributed by atoms with E-state index in [0.29, 0.717) is 82.6 Å². The van der Waals surface area contributed by atoms with Crippen molar-refractivity contribution in [2.24, 2.45) is 23.6 Å². The van der Waals surface area contributed by atoms with Crippen molar-refractivity contribution in [2.45, 2.75) is 45.6 Å². The molecule has 0 aliphatic carbocycles. The fourth-order valence-corrected chi connectivity index (χ4v) is 5.36. The van der Waals surface area contributed by atoms with Crippen LogP contribution >= 0.6 is 0 Å². The van der Waals surface area contributed by atoms with Gasteiger partial charge in [0.05, 0.1) is 57.7 Å². The van der Waals surface area contributed by atoms with Crippen molar-refractivity contribution in [2.75, 3.05) is 64.8 Å². The predicted molar refractivity (Wildman–Crippen MR) is 183 cm³/mol. The number of benzene rings is 1. The van der Waals surface area contributed by atoms with Gasteiger partial charge < -0.3 is 40.3 Å². The first-order valence-corrected chi connectivity index (χ1v) is 16.9. The van der Waals surface area contributed by atoms with Gasteiger partial charge in [-0.2, -0.15) is 0 Å². The molecule has 0 radical (unpaired) electrons. The molecule has 50 heavy (non-hydrogen) atoms. The SMILES string of the molecule is CC(C)C[C@H]1C(=O)NC(C(=O)NCCOCCOCCOCCNC(=O)c2ccc(NN)nc2)Cc2ccc(cc2)OCCCC1C(=O)NO. The minimum atomic E-state index is -0.904. The lowest BCUT2D eigenvalue weighted by molar-refractivity contribution is -0.142. The second-order valence-corrected chi connectivity index (χ2v) is 12.2. The van der Waals surface area contributed by atoms with E-state index in [9.17, 15) is 24.4 Å². The summed E-state index contributed by atoms with van der Waals surface area (Å²) < 4.78 is 22.4. The highest BCUT2D eigenvalue weighted by atomic mass is 16.5. The summed E-state index contributed by atoms with van der Waals surface area (Å²) in [5, 5.41) is 17.9. The number of hydroxylamine groups is 1. The van der Waals surface area contributed by atoms with Crippen LogP contribution in [0.25, 0.3) is 0 Å². The quantitative estimate of drug-likeness (QED) is 0.0499. The molecule has 8 N–H and O–H groups in total. The Balaban J connectivity index is 1.38. The number of anilines is 1. The lowest BCUT2D eigenvalue weighted by atomic mass is 9.81. The summed E-state index contributed by atoms with van der Waals surface area (Å²) in [4.78, 5) is 55.7. The zero-order chi connectivity index (χ0) is 36.1. The van der Waals surface area contributed by atoms with E-state index in [-0.39, 0.29) is 37.3 Å². The van der Waals surface area contributed by atoms with Crippen molar-refractivity contribution < 1.29 is 43.3 Å². The zero-order valence-electron chi connectivity index (χ0n) is 28.8. The molecule has 3 atom stereocenters. The van der Waals surface area contributed by atoms with Gasteiger partial charge >= 0.3 is 0 Å². The highest BCUT2D eigenvalue weighted by molar-refractivity contribution is 5.94. The van der Waals surface area contributed by atoms with Crippen molar-refractivity contribution in [3.8, 4) is 5.75 Å². The number of pyridine rings is 1. The van der Waals surface area contributed by atoms with Crippen LogP contribution in [0.5, 0.6) is 5.75 Å². The van der Waals surface area contributed by atoms with Gasteiger partial charge in [-0.15, -0.1) is 0 Å². The number of nitrogens with zero attached hydrogens (tertiary/aromatic N) is 1. The van der Waals surface area contributed by atoms with Gasteiger partial charge in [0.15, 0.2) is 0 Å². The van der Waals surface area contributed by atoms with Gasteiger partial charge in [-0.25, -0.2) is 16.3 Å². The third-order valence-corrected chi connectivity index (χ3v) is 7.91. The number of amides is 4. The van der Waals surface area contributed by atoms with Crippen LogP contribution in [0.3, 0.4) is 0 Å². The van der Waals surface area contributed by atoms with Crippen LogP contribution < -0.4 is 37.4 Å². The van der Waals surface area contributed by atoms with E-state index in [4.69, 9.17) is 24.8 Å². The van der Waals surface area contributed by atoms with Crippen molar-refractivity contribution in [3.05, 3.63) is 53.7 Å². The molecule has 0 fully saturated rings. The van der Waals surface area contributed by atoms with E-state index in [1.54, 1.807) is 29.7 Å². The number of fused-ring (bicyclic) bond motifs is 11. The van der Waals surface area contributed by atoms with E-state index in [1.807, 2.05) is 26.0 Å². The Kier molecular flexibility index (Phi) is 17.9. The molecule has 2 aliphatic rings. The molecule has 2 aliphatic heterocycles. The Morgan fingerprint density at radius 1 is 0.960 bits per heavy atom. The standard InChI is InChI=1S/C34H51N7O9/c1-23(2)20-28-27(33(44)41-46)4-3-13-50-26-8-5-24(6-9-26)21-29(39-32(28)43)34(45)37-12-15-48-17-19-49-18-16-47-14-11-36-31(42)25-7-10-30(40-35)38-22-25/h5-10,22-23,27-29,46H,3-4,11-21,35H2,1-2H3,(H,36,42)(H,37,45)(H,38,40)(H,39,43)(H,41,44)/t27?,28-,29?/m1/s1. The Morgan fingerprint density at radius 3 is 2.22 bits per heavy atom. The number of carbonyl (C=O) groups is 4. The topological polar surface area (TPSA) is 224 Å². The number of carbonyl (C=O) groups excluding carboxylic acids is 4. The van der Waals surface area contributed by atoms with Gasteiger partial charge in [0, 0.05) is 31.6 Å². The highest BCUT2D eigenvalue weighted by Crippen LogP contribution is 2.27. The van der Waals surface area contributed by atoms with Gasteiger partial charge in [0.2, 0.25) is 17.7 Å². The number of hydrogen-bond acceptors (Lipinski definition) is 12. The molecule has 0 saturated heterocycles. The molecule has 3 heterocycles. The smallest absolute Gasteiger partial charge is 0.252 e. The van der Waals surface area contributed by atoms with Gasteiger partial charge in [0.25, 0.3) is 5.91 Å². The molecule has 1 aromatic carbocycles. The average molecular weight is 702 g/mol. The van der Waals surface area contributed by atoms with Crippen LogP contribution in [-0.2, 0) is 35.0 Å². The van der Waals surface area contributed by atoms with Crippen molar-refractivity contribution in [1.29, 1.82) is 0 Å². The van der Waals surface area contributed by atoms with Gasteiger partial charge in [-0.05, 0) is 55.0 Å². The molecular weight excluding hydrogens is 650 g/mol. The van der Waals surface area contributed by atoms with Gasteiger partial charge in [-0.3, -0.25) is 24.4 Å². The lowest BCUT2D eigenvalue weighted by Gasteiger charge is -2.29. The Hall–Kier alpha value is -4.35. The van der Waals surface area contributed by atoms with Crippen LogP contribution in [0.4, 0.5) is 5.82 Å². The summed E-state index contributed by atoms with van der Waals surface area (Å²) in [6.45, 7) is 6.66. The monoisotopic (exact) mass is 701 g/mol. The molecule has 16 nitrogen and oxygen atoms in total. The number of nitrogens with two attached hydrogens (primary N) is 1. The molecule has 4 rings (SSSR count). The third-order valence-electron chi connectivity index (χ3n) is 7.91. The lowest BCUT2D eigenvalue weighted by Crippen LogP contribution is -2.52. The number of hydrogen-bond donors (Lipinski definition) is 7. The van der Waals surface area contributed by atoms with E-state index in [0.717, 1.165) is 5.56 Å². The predicted octanol–water partition coefficient (Wildman–Crippen LogP) is 0.947. The normalized spacial score (nSPS) is 18.0. The Morgan fingerprint density at radius 2 is 1.62 bits per heavy atom. The van der Waals surface area contributed by atoms with Gasteiger partial charge in [-0.1, -0.05) is 26.0 Å². The Labute approximate surface area is 292 Å². The first-order chi connectivity index (χ1) is 24.2. The number of rotatable bonds is 18. The van der Waals surface area contributed by atoms with Crippen LogP contribution in [0.15, 0.2) is 42.6 Å². The number of aromatic nitrogens is 1. The van der Waals surface area contributed by atoms with E-state index in [1.165, 1.54) is 6.20 Å². The fraction of sp³-hybridized carbons (Fsp3) is 0.559. The Bertz CT molecular complexity index is 1330. The molecule has 0 spiro atoms. The molecule has 1 aromatic heterocycles. The minimum absolute atomic E-state index is 0.0879. The number of ether oxygens (including phenoxy) is 4. The summed E-state index contributed by atoms with van der Waals surface area (Å²) in [7, 11) is 0. The van der Waals surface area contributed by atoms with Gasteiger partial charge in [0.1, 0.15) is 17.6 Å². The molecule has 2 aromatic rings. The van der Waals surface area contributed by atoms with Crippen LogP contribution in [-0.4, -0.2) is 99.2 Å². The third kappa shape index (κ3) is 14.2. The fourth-order valence-electron chi connectivity index (χ4n) is 5.36. The molecule has 2 unspecified atom stereocenters. The van der Waals surface area contributed by atoms with Crippen molar-refractivity contribution in [3.63, 3.8) is 0 Å². The minimum Gasteiger partial charge on any atom is -0.494 e. The molecule has 276 valence electrons. The summed E-state index contributed by atoms with van der Waals surface area (Å²) in [6.07, 6.45) is 2.87. The molecular formula is C34H51N7O9. The summed E-state index contributed by atoms with van der Waals surface area (Å²) in [5.41, 5.74) is 5.35. The number of hydrazine groups is 1. The summed E-state index contributed by atoms with van der Waals surface area (Å²) in [6, 6.07) is 9.63. The highest BCUT2D eigenvalue weighted by Gasteiger charge is 2.36.